The molecule has 0 aromatic carbocycles. The molecule has 1 N–H and O–H groups in total. The molecule has 0 bridgehead atoms. The van der Waals surface area contributed by atoms with Crippen LogP contribution in [0.1, 0.15) is 33.1 Å². The first-order valence-electron chi connectivity index (χ1n) is 7.45. The minimum absolute atomic E-state index is 0.0675. The quantitative estimate of drug-likeness (QED) is 0.891. The molecule has 20 heavy (non-hydrogen) atoms. The van der Waals surface area contributed by atoms with Crippen molar-refractivity contribution in [1.82, 2.24) is 15.3 Å². The highest BCUT2D eigenvalue weighted by Crippen LogP contribution is 2.20. The van der Waals surface area contributed by atoms with E-state index in [-0.39, 0.29) is 11.8 Å². The van der Waals surface area contributed by atoms with Crippen LogP contribution in [-0.4, -0.2) is 35.5 Å². The van der Waals surface area contributed by atoms with Crippen LogP contribution >= 0.6 is 0 Å². The van der Waals surface area contributed by atoms with Crippen LogP contribution in [0.4, 0.5) is 5.82 Å². The number of carbonyl (C=O) groups excluding carboxylic acids is 1. The Morgan fingerprint density at radius 1 is 1.50 bits per heavy atom. The molecule has 1 saturated heterocycles. The van der Waals surface area contributed by atoms with E-state index < -0.39 is 0 Å². The normalized spacial score (nSPS) is 19.1. The fraction of sp³-hybridized carbons (Fsp3) is 0.667. The molecule has 2 rings (SSSR count). The van der Waals surface area contributed by atoms with E-state index in [9.17, 15) is 4.79 Å². The van der Waals surface area contributed by atoms with E-state index in [2.05, 4.69) is 34.0 Å². The second-order valence-corrected chi connectivity index (χ2v) is 5.82. The van der Waals surface area contributed by atoms with Crippen molar-refractivity contribution in [2.24, 2.45) is 11.8 Å². The number of hydrogen-bond acceptors (Lipinski definition) is 4. The lowest BCUT2D eigenvalue weighted by Crippen LogP contribution is -2.43. The topological polar surface area (TPSA) is 58.1 Å². The number of aromatic nitrogens is 2. The summed E-state index contributed by atoms with van der Waals surface area (Å²) in [5.74, 6) is 1.74. The average Bonchev–Trinajstić information content (AvgIpc) is 2.48. The van der Waals surface area contributed by atoms with Crippen molar-refractivity contribution in [2.75, 3.05) is 24.5 Å². The van der Waals surface area contributed by atoms with Gasteiger partial charge in [-0.2, -0.15) is 0 Å². The fourth-order valence-electron chi connectivity index (χ4n) is 2.48. The summed E-state index contributed by atoms with van der Waals surface area (Å²) in [4.78, 5) is 22.7. The van der Waals surface area contributed by atoms with E-state index in [1.807, 2.05) is 0 Å². The second kappa shape index (κ2) is 7.22. The molecule has 1 aliphatic rings. The van der Waals surface area contributed by atoms with E-state index in [4.69, 9.17) is 0 Å². The van der Waals surface area contributed by atoms with Crippen molar-refractivity contribution < 1.29 is 4.79 Å². The zero-order valence-corrected chi connectivity index (χ0v) is 12.4. The Morgan fingerprint density at radius 3 is 3.05 bits per heavy atom. The van der Waals surface area contributed by atoms with Crippen LogP contribution in [-0.2, 0) is 4.79 Å². The highest BCUT2D eigenvalue weighted by Gasteiger charge is 2.26. The first-order valence-corrected chi connectivity index (χ1v) is 7.45. The molecule has 0 unspecified atom stereocenters. The lowest BCUT2D eigenvalue weighted by atomic mass is 9.97. The number of anilines is 1. The van der Waals surface area contributed by atoms with E-state index in [0.29, 0.717) is 5.92 Å². The summed E-state index contributed by atoms with van der Waals surface area (Å²) in [6.45, 7) is 6.81. The van der Waals surface area contributed by atoms with Crippen molar-refractivity contribution in [3.8, 4) is 0 Å². The first kappa shape index (κ1) is 14.8. The Bertz CT molecular complexity index is 421. The van der Waals surface area contributed by atoms with Gasteiger partial charge in [0, 0.05) is 32.0 Å². The van der Waals surface area contributed by atoms with Gasteiger partial charge in [0.15, 0.2) is 0 Å². The van der Waals surface area contributed by atoms with Gasteiger partial charge in [-0.25, -0.2) is 4.98 Å². The number of nitrogens with zero attached hydrogens (tertiary/aromatic N) is 3. The molecular formula is C15H24N4O. The minimum Gasteiger partial charge on any atom is -0.356 e. The molecule has 1 aliphatic heterocycles. The summed E-state index contributed by atoms with van der Waals surface area (Å²) in [7, 11) is 0. The predicted octanol–water partition coefficient (Wildman–Crippen LogP) is 1.86. The van der Waals surface area contributed by atoms with Gasteiger partial charge in [-0.1, -0.05) is 13.8 Å². The summed E-state index contributed by atoms with van der Waals surface area (Å²) in [5, 5.41) is 3.05. The van der Waals surface area contributed by atoms with E-state index in [0.717, 1.165) is 44.7 Å². The standard InChI is InChI=1S/C15H24N4O/c1-12(2)5-6-18-15(20)13-4-3-9-19(11-13)14-10-16-7-8-17-14/h7-8,10,12-13H,3-6,9,11H2,1-2H3,(H,18,20)/t13-/m0/s1. The largest absolute Gasteiger partial charge is 0.356 e. The monoisotopic (exact) mass is 276 g/mol. The number of hydrogen-bond donors (Lipinski definition) is 1. The average molecular weight is 276 g/mol. The number of rotatable bonds is 5. The molecule has 1 amide bonds. The third-order valence-corrected chi connectivity index (χ3v) is 3.69. The third kappa shape index (κ3) is 4.18. The number of amides is 1. The van der Waals surface area contributed by atoms with Crippen LogP contribution in [0.3, 0.4) is 0 Å². The zero-order chi connectivity index (χ0) is 14.4. The summed E-state index contributed by atoms with van der Waals surface area (Å²) >= 11 is 0. The molecule has 1 aromatic heterocycles. The van der Waals surface area contributed by atoms with Gasteiger partial charge >= 0.3 is 0 Å². The van der Waals surface area contributed by atoms with Crippen LogP contribution in [0.2, 0.25) is 0 Å². The van der Waals surface area contributed by atoms with Gasteiger partial charge in [0.05, 0.1) is 12.1 Å². The van der Waals surface area contributed by atoms with Gasteiger partial charge in [0.1, 0.15) is 5.82 Å². The zero-order valence-electron chi connectivity index (χ0n) is 12.4. The van der Waals surface area contributed by atoms with Gasteiger partial charge in [-0.15, -0.1) is 0 Å². The predicted molar refractivity (Wildman–Crippen MR) is 79.4 cm³/mol. The molecule has 0 saturated carbocycles. The van der Waals surface area contributed by atoms with Gasteiger partial charge in [-0.3, -0.25) is 9.78 Å². The van der Waals surface area contributed by atoms with E-state index >= 15 is 0 Å². The lowest BCUT2D eigenvalue weighted by molar-refractivity contribution is -0.125. The molecule has 0 radical (unpaired) electrons. The molecule has 0 spiro atoms. The Morgan fingerprint density at radius 2 is 2.35 bits per heavy atom. The van der Waals surface area contributed by atoms with Crippen LogP contribution < -0.4 is 10.2 Å². The Labute approximate surface area is 120 Å². The van der Waals surface area contributed by atoms with Crippen molar-refractivity contribution in [1.29, 1.82) is 0 Å². The van der Waals surface area contributed by atoms with Gasteiger partial charge in [-0.05, 0) is 25.2 Å². The SMILES string of the molecule is CC(C)CCNC(=O)[C@H]1CCCN(c2cnccn2)C1. The number of piperidine rings is 1. The van der Waals surface area contributed by atoms with Gasteiger partial charge in [0.25, 0.3) is 0 Å². The lowest BCUT2D eigenvalue weighted by Gasteiger charge is -2.32. The molecule has 0 aliphatic carbocycles. The van der Waals surface area contributed by atoms with E-state index in [1.54, 1.807) is 18.6 Å². The highest BCUT2D eigenvalue weighted by atomic mass is 16.1. The van der Waals surface area contributed by atoms with Crippen LogP contribution in [0.25, 0.3) is 0 Å². The maximum Gasteiger partial charge on any atom is 0.224 e. The molecule has 110 valence electrons. The molecule has 1 aromatic rings. The molecule has 1 atom stereocenters. The molecule has 5 heteroatoms. The molecule has 2 heterocycles. The molecule has 1 fully saturated rings. The summed E-state index contributed by atoms with van der Waals surface area (Å²) < 4.78 is 0. The fourth-order valence-corrected chi connectivity index (χ4v) is 2.48. The van der Waals surface area contributed by atoms with Crippen molar-refractivity contribution in [2.45, 2.75) is 33.1 Å². The summed E-state index contributed by atoms with van der Waals surface area (Å²) in [5.41, 5.74) is 0. The van der Waals surface area contributed by atoms with Gasteiger partial charge in [0.2, 0.25) is 5.91 Å². The smallest absolute Gasteiger partial charge is 0.224 e. The maximum absolute atomic E-state index is 12.2. The molecule has 5 nitrogen and oxygen atoms in total. The van der Waals surface area contributed by atoms with Crippen LogP contribution in [0.15, 0.2) is 18.6 Å². The third-order valence-electron chi connectivity index (χ3n) is 3.69. The van der Waals surface area contributed by atoms with Crippen molar-refractivity contribution in [3.05, 3.63) is 18.6 Å². The van der Waals surface area contributed by atoms with Crippen molar-refractivity contribution in [3.63, 3.8) is 0 Å². The van der Waals surface area contributed by atoms with E-state index in [1.165, 1.54) is 0 Å². The maximum atomic E-state index is 12.2. The van der Waals surface area contributed by atoms with Crippen molar-refractivity contribution >= 4 is 11.7 Å². The Balaban J connectivity index is 1.85. The second-order valence-electron chi connectivity index (χ2n) is 5.82. The van der Waals surface area contributed by atoms with Crippen LogP contribution in [0.5, 0.6) is 0 Å². The molecular weight excluding hydrogens is 252 g/mol. The van der Waals surface area contributed by atoms with Crippen LogP contribution in [0, 0.1) is 11.8 Å². The first-order chi connectivity index (χ1) is 9.66. The highest BCUT2D eigenvalue weighted by molar-refractivity contribution is 5.79. The summed E-state index contributed by atoms with van der Waals surface area (Å²) in [6, 6.07) is 0. The Hall–Kier alpha value is -1.65. The number of nitrogens with one attached hydrogen (secondary N) is 1. The summed E-state index contributed by atoms with van der Waals surface area (Å²) in [6.07, 6.45) is 8.15. The number of carbonyl (C=O) groups is 1. The minimum atomic E-state index is 0.0675. The van der Waals surface area contributed by atoms with Gasteiger partial charge < -0.3 is 10.2 Å². The Kier molecular flexibility index (Phi) is 5.32.